The van der Waals surface area contributed by atoms with Gasteiger partial charge in [-0.2, -0.15) is 5.10 Å². The Hall–Kier alpha value is -1.15. The molecule has 0 aromatic carbocycles. The number of nitrogens with one attached hydrogen (secondary N) is 1. The summed E-state index contributed by atoms with van der Waals surface area (Å²) >= 11 is 5.96. The van der Waals surface area contributed by atoms with E-state index in [1.807, 2.05) is 0 Å². The van der Waals surface area contributed by atoms with Crippen LogP contribution in [-0.2, 0) is 16.0 Å². The average Bonchev–Trinajstić information content (AvgIpc) is 2.44. The van der Waals surface area contributed by atoms with E-state index in [1.165, 1.54) is 6.20 Å². The maximum absolute atomic E-state index is 11.8. The van der Waals surface area contributed by atoms with Gasteiger partial charge >= 0.3 is 0 Å². The van der Waals surface area contributed by atoms with Gasteiger partial charge in [-0.1, -0.05) is 11.6 Å². The Morgan fingerprint density at radius 1 is 1.58 bits per heavy atom. The third-order valence-corrected chi connectivity index (χ3v) is 3.07. The van der Waals surface area contributed by atoms with Crippen molar-refractivity contribution in [2.75, 3.05) is 38.3 Å². The van der Waals surface area contributed by atoms with Gasteiger partial charge in [-0.15, -0.1) is 0 Å². The van der Waals surface area contributed by atoms with Gasteiger partial charge in [0.2, 0.25) is 0 Å². The van der Waals surface area contributed by atoms with Gasteiger partial charge in [0.05, 0.1) is 51.0 Å². The standard InChI is InChI=1S/C11H16ClN3O4/c12-10-9(6-14-15(1-2-16)11(10)17)13-5-8-7-18-3-4-19-8/h6,8,13,16H,1-5,7H2. The largest absolute Gasteiger partial charge is 0.394 e. The fraction of sp³-hybridized carbons (Fsp3) is 0.636. The number of aliphatic hydroxyl groups excluding tert-OH is 1. The molecule has 2 rings (SSSR count). The average molecular weight is 290 g/mol. The van der Waals surface area contributed by atoms with Crippen LogP contribution in [0.15, 0.2) is 11.0 Å². The number of hydrogen-bond acceptors (Lipinski definition) is 6. The van der Waals surface area contributed by atoms with Gasteiger partial charge in [0.25, 0.3) is 5.56 Å². The number of ether oxygens (including phenoxy) is 2. The van der Waals surface area contributed by atoms with Crippen molar-refractivity contribution in [3.63, 3.8) is 0 Å². The first-order valence-corrected chi connectivity index (χ1v) is 6.40. The van der Waals surface area contributed by atoms with Crippen molar-refractivity contribution in [2.24, 2.45) is 0 Å². The molecule has 0 amide bonds. The molecule has 0 bridgehead atoms. The summed E-state index contributed by atoms with van der Waals surface area (Å²) in [7, 11) is 0. The lowest BCUT2D eigenvalue weighted by Gasteiger charge is -2.23. The Labute approximate surface area is 115 Å². The van der Waals surface area contributed by atoms with Crippen molar-refractivity contribution in [1.29, 1.82) is 0 Å². The molecule has 2 heterocycles. The monoisotopic (exact) mass is 289 g/mol. The van der Waals surface area contributed by atoms with E-state index in [4.69, 9.17) is 26.2 Å². The Bertz CT molecular complexity index is 473. The Morgan fingerprint density at radius 2 is 2.42 bits per heavy atom. The number of anilines is 1. The van der Waals surface area contributed by atoms with Crippen molar-refractivity contribution in [1.82, 2.24) is 9.78 Å². The van der Waals surface area contributed by atoms with E-state index in [0.717, 1.165) is 4.68 Å². The fourth-order valence-corrected chi connectivity index (χ4v) is 1.93. The minimum atomic E-state index is -0.429. The molecule has 8 heteroatoms. The number of hydrogen-bond donors (Lipinski definition) is 2. The normalized spacial score (nSPS) is 19.4. The van der Waals surface area contributed by atoms with Crippen LogP contribution in [0.4, 0.5) is 5.69 Å². The summed E-state index contributed by atoms with van der Waals surface area (Å²) in [5.41, 5.74) is 0.0246. The van der Waals surface area contributed by atoms with Gasteiger partial charge in [0.1, 0.15) is 5.02 Å². The molecule has 1 fully saturated rings. The van der Waals surface area contributed by atoms with E-state index in [2.05, 4.69) is 10.4 Å². The Balaban J connectivity index is 2.00. The van der Waals surface area contributed by atoms with Crippen LogP contribution in [0.1, 0.15) is 0 Å². The molecule has 0 saturated carbocycles. The highest BCUT2D eigenvalue weighted by Gasteiger charge is 2.15. The van der Waals surface area contributed by atoms with Crippen LogP contribution in [0.5, 0.6) is 0 Å². The molecular formula is C11H16ClN3O4. The van der Waals surface area contributed by atoms with Gasteiger partial charge in [-0.05, 0) is 0 Å². The van der Waals surface area contributed by atoms with Crippen LogP contribution in [0, 0.1) is 0 Å². The van der Waals surface area contributed by atoms with Crippen molar-refractivity contribution < 1.29 is 14.6 Å². The smallest absolute Gasteiger partial charge is 0.287 e. The van der Waals surface area contributed by atoms with E-state index in [0.29, 0.717) is 32.1 Å². The molecule has 19 heavy (non-hydrogen) atoms. The maximum Gasteiger partial charge on any atom is 0.287 e. The summed E-state index contributed by atoms with van der Waals surface area (Å²) in [5.74, 6) is 0. The molecule has 0 spiro atoms. The molecule has 7 nitrogen and oxygen atoms in total. The molecule has 1 atom stereocenters. The summed E-state index contributed by atoms with van der Waals surface area (Å²) in [6.07, 6.45) is 1.40. The van der Waals surface area contributed by atoms with Crippen molar-refractivity contribution >= 4 is 17.3 Å². The molecule has 1 unspecified atom stereocenters. The van der Waals surface area contributed by atoms with Crippen LogP contribution in [0.2, 0.25) is 5.02 Å². The van der Waals surface area contributed by atoms with Crippen LogP contribution < -0.4 is 10.9 Å². The quantitative estimate of drug-likeness (QED) is 0.775. The summed E-state index contributed by atoms with van der Waals surface area (Å²) in [6.45, 7) is 2.14. The SMILES string of the molecule is O=c1c(Cl)c(NCC2COCCO2)cnn1CCO. The third-order valence-electron chi connectivity index (χ3n) is 2.70. The van der Waals surface area contributed by atoms with E-state index < -0.39 is 5.56 Å². The topological polar surface area (TPSA) is 85.6 Å². The first-order chi connectivity index (χ1) is 9.22. The van der Waals surface area contributed by atoms with Crippen LogP contribution in [0.25, 0.3) is 0 Å². The second kappa shape index (κ2) is 6.85. The third kappa shape index (κ3) is 3.66. The molecule has 0 aliphatic carbocycles. The maximum atomic E-state index is 11.8. The number of rotatable bonds is 5. The van der Waals surface area contributed by atoms with Crippen LogP contribution in [0.3, 0.4) is 0 Å². The highest BCUT2D eigenvalue weighted by molar-refractivity contribution is 6.32. The van der Waals surface area contributed by atoms with E-state index >= 15 is 0 Å². The van der Waals surface area contributed by atoms with Crippen molar-refractivity contribution in [3.8, 4) is 0 Å². The highest BCUT2D eigenvalue weighted by atomic mass is 35.5. The molecule has 1 saturated heterocycles. The minimum absolute atomic E-state index is 0.0557. The van der Waals surface area contributed by atoms with E-state index in [-0.39, 0.29) is 24.3 Å². The summed E-state index contributed by atoms with van der Waals surface area (Å²) in [4.78, 5) is 11.8. The molecule has 1 aromatic rings. The van der Waals surface area contributed by atoms with Crippen molar-refractivity contribution in [3.05, 3.63) is 21.6 Å². The fourth-order valence-electron chi connectivity index (χ4n) is 1.72. The van der Waals surface area contributed by atoms with Crippen LogP contribution in [-0.4, -0.2) is 54.0 Å². The van der Waals surface area contributed by atoms with Crippen molar-refractivity contribution in [2.45, 2.75) is 12.6 Å². The molecule has 1 aliphatic heterocycles. The number of nitrogens with zero attached hydrogens (tertiary/aromatic N) is 2. The Morgan fingerprint density at radius 3 is 3.11 bits per heavy atom. The van der Waals surface area contributed by atoms with Gasteiger partial charge in [-0.3, -0.25) is 4.79 Å². The number of halogens is 1. The van der Waals surface area contributed by atoms with E-state index in [9.17, 15) is 4.79 Å². The second-order valence-electron chi connectivity index (χ2n) is 4.07. The predicted molar refractivity (Wildman–Crippen MR) is 69.6 cm³/mol. The first-order valence-electron chi connectivity index (χ1n) is 6.02. The highest BCUT2D eigenvalue weighted by Crippen LogP contribution is 2.15. The number of aromatic nitrogens is 2. The summed E-state index contributed by atoms with van der Waals surface area (Å²) in [6, 6.07) is 0. The van der Waals surface area contributed by atoms with Crippen LogP contribution >= 0.6 is 11.6 Å². The predicted octanol–water partition coefficient (Wildman–Crippen LogP) is -0.284. The first kappa shape index (κ1) is 14.3. The summed E-state index contributed by atoms with van der Waals surface area (Å²) < 4.78 is 11.9. The zero-order valence-corrected chi connectivity index (χ0v) is 11.1. The van der Waals surface area contributed by atoms with Gasteiger partial charge in [-0.25, -0.2) is 4.68 Å². The van der Waals surface area contributed by atoms with E-state index in [1.54, 1.807) is 0 Å². The molecule has 1 aromatic heterocycles. The number of aliphatic hydroxyl groups is 1. The zero-order chi connectivity index (χ0) is 13.7. The summed E-state index contributed by atoms with van der Waals surface area (Å²) in [5, 5.41) is 15.8. The zero-order valence-electron chi connectivity index (χ0n) is 10.3. The molecule has 0 radical (unpaired) electrons. The molecular weight excluding hydrogens is 274 g/mol. The lowest BCUT2D eigenvalue weighted by molar-refractivity contribution is -0.0818. The minimum Gasteiger partial charge on any atom is -0.394 e. The lowest BCUT2D eigenvalue weighted by atomic mass is 10.3. The second-order valence-corrected chi connectivity index (χ2v) is 4.45. The van der Waals surface area contributed by atoms with Gasteiger partial charge in [0.15, 0.2) is 0 Å². The van der Waals surface area contributed by atoms with Gasteiger partial charge < -0.3 is 19.9 Å². The molecule has 2 N–H and O–H groups in total. The molecule has 1 aliphatic rings. The lowest BCUT2D eigenvalue weighted by Crippen LogP contribution is -2.34. The molecule has 106 valence electrons. The Kier molecular flexibility index (Phi) is 5.15. The van der Waals surface area contributed by atoms with Gasteiger partial charge in [0, 0.05) is 6.54 Å².